The number of rotatable bonds is 5. The third-order valence-electron chi connectivity index (χ3n) is 5.22. The molecule has 134 valence electrons. The monoisotopic (exact) mass is 341 g/mol. The highest BCUT2D eigenvalue weighted by Crippen LogP contribution is 2.23. The number of hydrogen-bond donors (Lipinski definition) is 1. The molecule has 1 aliphatic carbocycles. The molecule has 0 spiro atoms. The fraction of sp³-hybridized carbons (Fsp3) is 0.550. The Hall–Kier alpha value is -2.17. The van der Waals surface area contributed by atoms with Crippen molar-refractivity contribution in [1.82, 2.24) is 10.3 Å². The Balaban J connectivity index is 1.46. The molecule has 0 saturated heterocycles. The molecule has 2 amide bonds. The van der Waals surface area contributed by atoms with E-state index in [0.717, 1.165) is 24.1 Å². The van der Waals surface area contributed by atoms with E-state index >= 15 is 0 Å². The number of nitrogens with zero attached hydrogens (tertiary/aromatic N) is 2. The van der Waals surface area contributed by atoms with Crippen LogP contribution >= 0.6 is 0 Å². The lowest BCUT2D eigenvalue weighted by Gasteiger charge is -2.29. The van der Waals surface area contributed by atoms with Crippen LogP contribution in [0.15, 0.2) is 35.4 Å². The van der Waals surface area contributed by atoms with Crippen molar-refractivity contribution in [2.75, 3.05) is 6.54 Å². The molecule has 2 unspecified atom stereocenters. The fourth-order valence-corrected chi connectivity index (χ4v) is 3.63. The minimum absolute atomic E-state index is 0.0152. The highest BCUT2D eigenvalue weighted by Gasteiger charge is 2.24. The van der Waals surface area contributed by atoms with Gasteiger partial charge in [0.2, 0.25) is 11.8 Å². The Morgan fingerprint density at radius 2 is 1.92 bits per heavy atom. The summed E-state index contributed by atoms with van der Waals surface area (Å²) < 4.78 is 0. The molecule has 1 heterocycles. The van der Waals surface area contributed by atoms with Gasteiger partial charge in [-0.3, -0.25) is 9.59 Å². The van der Waals surface area contributed by atoms with Crippen LogP contribution in [0.25, 0.3) is 0 Å². The molecule has 2 atom stereocenters. The number of amides is 2. The third kappa shape index (κ3) is 4.68. The van der Waals surface area contributed by atoms with Crippen LogP contribution in [-0.2, 0) is 9.59 Å². The summed E-state index contributed by atoms with van der Waals surface area (Å²) in [4.78, 5) is 24.5. The van der Waals surface area contributed by atoms with Gasteiger partial charge in [0.05, 0.1) is 12.3 Å². The molecule has 25 heavy (non-hydrogen) atoms. The van der Waals surface area contributed by atoms with Gasteiger partial charge in [-0.1, -0.05) is 50.1 Å². The Morgan fingerprint density at radius 3 is 2.68 bits per heavy atom. The van der Waals surface area contributed by atoms with E-state index in [-0.39, 0.29) is 30.7 Å². The fourth-order valence-electron chi connectivity index (χ4n) is 3.63. The summed E-state index contributed by atoms with van der Waals surface area (Å²) in [6, 6.07) is 10.2. The number of carbonyl (C=O) groups is 2. The summed E-state index contributed by atoms with van der Waals surface area (Å²) in [5.74, 6) is 0.446. The highest BCUT2D eigenvalue weighted by molar-refractivity contribution is 6.02. The van der Waals surface area contributed by atoms with E-state index in [1.54, 1.807) is 0 Å². The van der Waals surface area contributed by atoms with Gasteiger partial charge in [0, 0.05) is 25.3 Å². The molecule has 1 aromatic carbocycles. The van der Waals surface area contributed by atoms with Crippen molar-refractivity contribution < 1.29 is 9.59 Å². The highest BCUT2D eigenvalue weighted by atomic mass is 16.2. The van der Waals surface area contributed by atoms with Gasteiger partial charge in [0.25, 0.3) is 0 Å². The molecule has 3 rings (SSSR count). The van der Waals surface area contributed by atoms with E-state index in [1.165, 1.54) is 24.3 Å². The summed E-state index contributed by atoms with van der Waals surface area (Å²) in [6.07, 6.45) is 5.89. The van der Waals surface area contributed by atoms with Crippen LogP contribution < -0.4 is 5.32 Å². The minimum Gasteiger partial charge on any atom is -0.353 e. The van der Waals surface area contributed by atoms with Crippen LogP contribution in [0.4, 0.5) is 0 Å². The maximum absolute atomic E-state index is 12.3. The van der Waals surface area contributed by atoms with Crippen molar-refractivity contribution in [3.05, 3.63) is 35.9 Å². The normalized spacial score (nSPS) is 23.2. The maximum atomic E-state index is 12.3. The zero-order valence-electron chi connectivity index (χ0n) is 14.9. The molecule has 2 aliphatic rings. The second-order valence-corrected chi connectivity index (χ2v) is 7.12. The van der Waals surface area contributed by atoms with Crippen LogP contribution in [0.1, 0.15) is 57.4 Å². The number of hydrazone groups is 1. The summed E-state index contributed by atoms with van der Waals surface area (Å²) in [6.45, 7) is 2.80. The molecular formula is C20H27N3O2. The topological polar surface area (TPSA) is 61.8 Å². The van der Waals surface area contributed by atoms with Gasteiger partial charge in [-0.25, -0.2) is 5.01 Å². The zero-order chi connectivity index (χ0) is 17.6. The van der Waals surface area contributed by atoms with Crippen LogP contribution in [0.2, 0.25) is 0 Å². The lowest BCUT2D eigenvalue weighted by atomic mass is 9.86. The minimum atomic E-state index is -0.0715. The molecule has 1 N–H and O–H groups in total. The second-order valence-electron chi connectivity index (χ2n) is 7.12. The number of carbonyl (C=O) groups excluding carboxylic acids is 2. The van der Waals surface area contributed by atoms with Crippen LogP contribution in [0, 0.1) is 5.92 Å². The van der Waals surface area contributed by atoms with Gasteiger partial charge >= 0.3 is 0 Å². The van der Waals surface area contributed by atoms with E-state index in [4.69, 9.17) is 0 Å². The van der Waals surface area contributed by atoms with Gasteiger partial charge in [-0.05, 0) is 24.3 Å². The van der Waals surface area contributed by atoms with Crippen molar-refractivity contribution >= 4 is 17.5 Å². The Labute approximate surface area is 149 Å². The Kier molecular flexibility index (Phi) is 5.84. The van der Waals surface area contributed by atoms with Crippen molar-refractivity contribution in [2.45, 2.75) is 57.9 Å². The number of benzene rings is 1. The van der Waals surface area contributed by atoms with Crippen molar-refractivity contribution in [1.29, 1.82) is 0 Å². The van der Waals surface area contributed by atoms with Crippen LogP contribution in [0.5, 0.6) is 0 Å². The molecule has 0 bridgehead atoms. The van der Waals surface area contributed by atoms with Gasteiger partial charge in [0.15, 0.2) is 0 Å². The molecule has 5 nitrogen and oxygen atoms in total. The third-order valence-corrected chi connectivity index (χ3v) is 5.22. The standard InChI is InChI=1S/C20H27N3O2/c1-15-7-5-6-10-17(15)21-19(24)11-12-20(25)23-14-13-18(22-23)16-8-3-2-4-9-16/h2-4,8-9,15,17H,5-7,10-14H2,1H3,(H,21,24). The molecule has 5 heteroatoms. The van der Waals surface area contributed by atoms with Gasteiger partial charge < -0.3 is 5.32 Å². The first-order valence-electron chi connectivity index (χ1n) is 9.36. The van der Waals surface area contributed by atoms with E-state index in [9.17, 15) is 9.59 Å². The zero-order valence-corrected chi connectivity index (χ0v) is 14.9. The smallest absolute Gasteiger partial charge is 0.243 e. The summed E-state index contributed by atoms with van der Waals surface area (Å²) >= 11 is 0. The van der Waals surface area contributed by atoms with Gasteiger partial charge in [-0.2, -0.15) is 5.10 Å². The lowest BCUT2D eigenvalue weighted by Crippen LogP contribution is -2.41. The first-order chi connectivity index (χ1) is 12.1. The number of nitrogens with one attached hydrogen (secondary N) is 1. The van der Waals surface area contributed by atoms with Gasteiger partial charge in [0.1, 0.15) is 0 Å². The lowest BCUT2D eigenvalue weighted by molar-refractivity contribution is -0.133. The van der Waals surface area contributed by atoms with E-state index in [0.29, 0.717) is 12.5 Å². The molecule has 0 radical (unpaired) electrons. The average Bonchev–Trinajstić information content (AvgIpc) is 3.13. The summed E-state index contributed by atoms with van der Waals surface area (Å²) in [5, 5.41) is 9.05. The Bertz CT molecular complexity index is 642. The second kappa shape index (κ2) is 8.28. The molecule has 0 aromatic heterocycles. The van der Waals surface area contributed by atoms with E-state index in [1.807, 2.05) is 30.3 Å². The predicted octanol–water partition coefficient (Wildman–Crippen LogP) is 3.10. The molecule has 1 fully saturated rings. The number of hydrogen-bond acceptors (Lipinski definition) is 3. The summed E-state index contributed by atoms with van der Waals surface area (Å²) in [5.41, 5.74) is 2.00. The average molecular weight is 341 g/mol. The quantitative estimate of drug-likeness (QED) is 0.894. The maximum Gasteiger partial charge on any atom is 0.243 e. The molecule has 1 saturated carbocycles. The molecular weight excluding hydrogens is 314 g/mol. The predicted molar refractivity (Wildman–Crippen MR) is 98.1 cm³/mol. The first kappa shape index (κ1) is 17.6. The first-order valence-corrected chi connectivity index (χ1v) is 9.36. The van der Waals surface area contributed by atoms with E-state index < -0.39 is 0 Å². The summed E-state index contributed by atoms with van der Waals surface area (Å²) in [7, 11) is 0. The molecule has 1 aliphatic heterocycles. The van der Waals surface area contributed by atoms with E-state index in [2.05, 4.69) is 17.3 Å². The largest absolute Gasteiger partial charge is 0.353 e. The van der Waals surface area contributed by atoms with Crippen molar-refractivity contribution in [2.24, 2.45) is 11.0 Å². The molecule has 1 aromatic rings. The van der Waals surface area contributed by atoms with Gasteiger partial charge in [-0.15, -0.1) is 0 Å². The SMILES string of the molecule is CC1CCCCC1NC(=O)CCC(=O)N1CCC(c2ccccc2)=N1. The van der Waals surface area contributed by atoms with Crippen LogP contribution in [0.3, 0.4) is 0 Å². The van der Waals surface area contributed by atoms with Crippen LogP contribution in [-0.4, -0.2) is 35.1 Å². The van der Waals surface area contributed by atoms with Crippen molar-refractivity contribution in [3.63, 3.8) is 0 Å². The Morgan fingerprint density at radius 1 is 1.16 bits per heavy atom. The van der Waals surface area contributed by atoms with Crippen molar-refractivity contribution in [3.8, 4) is 0 Å².